The molecule has 0 amide bonds. The predicted octanol–water partition coefficient (Wildman–Crippen LogP) is 13.1. The molecule has 0 bridgehead atoms. The minimum Gasteiger partial charge on any atom is -0.439 e. The zero-order valence-corrected chi connectivity index (χ0v) is 30.5. The summed E-state index contributed by atoms with van der Waals surface area (Å²) in [5, 5.41) is 5.61. The van der Waals surface area contributed by atoms with Crippen molar-refractivity contribution in [1.82, 2.24) is 14.4 Å². The molecule has 0 N–H and O–H groups in total. The largest absolute Gasteiger partial charge is 0.439 e. The number of anilines is 3. The molecule has 5 aromatic carbocycles. The minimum absolute atomic E-state index is 0.0231. The molecule has 0 saturated heterocycles. The van der Waals surface area contributed by atoms with Gasteiger partial charge in [0.05, 0.1) is 33.5 Å². The summed E-state index contributed by atoms with van der Waals surface area (Å²) < 4.78 is 8.93. The fourth-order valence-electron chi connectivity index (χ4n) is 8.26. The molecule has 0 aliphatic heterocycles. The monoisotopic (exact) mass is 686 g/mol. The highest BCUT2D eigenvalue weighted by atomic mass is 16.3. The first-order valence-corrected chi connectivity index (χ1v) is 18.2. The zero-order valence-electron chi connectivity index (χ0n) is 30.5. The number of pyridine rings is 2. The van der Waals surface area contributed by atoms with Crippen LogP contribution in [-0.2, 0) is 5.41 Å². The van der Waals surface area contributed by atoms with Crippen molar-refractivity contribution in [2.45, 2.75) is 40.0 Å². The topological polar surface area (TPSA) is 46.6 Å². The number of rotatable bonds is 5. The maximum absolute atomic E-state index is 6.64. The van der Waals surface area contributed by atoms with Crippen molar-refractivity contribution in [3.63, 3.8) is 0 Å². The molecule has 10 rings (SSSR count). The maximum atomic E-state index is 6.64. The van der Waals surface area contributed by atoms with Crippen molar-refractivity contribution in [3.05, 3.63) is 156 Å². The Hall–Kier alpha value is -6.46. The number of hydrogen-bond acceptors (Lipinski definition) is 4. The lowest BCUT2D eigenvalue weighted by atomic mass is 9.87. The Morgan fingerprint density at radius 1 is 0.623 bits per heavy atom. The van der Waals surface area contributed by atoms with Gasteiger partial charge < -0.3 is 9.32 Å². The molecule has 10 aromatic rings. The van der Waals surface area contributed by atoms with Gasteiger partial charge in [0.15, 0.2) is 0 Å². The fourth-order valence-corrected chi connectivity index (χ4v) is 8.26. The van der Waals surface area contributed by atoms with E-state index in [-0.39, 0.29) is 5.41 Å². The van der Waals surface area contributed by atoms with Crippen LogP contribution < -0.4 is 4.90 Å². The van der Waals surface area contributed by atoms with Crippen molar-refractivity contribution < 1.29 is 4.42 Å². The summed E-state index contributed by atoms with van der Waals surface area (Å²) in [7, 11) is 0. The van der Waals surface area contributed by atoms with E-state index in [1.165, 1.54) is 22.1 Å². The number of hydrogen-bond donors (Lipinski definition) is 0. The van der Waals surface area contributed by atoms with E-state index in [0.717, 1.165) is 83.5 Å². The first-order chi connectivity index (χ1) is 25.8. The first kappa shape index (κ1) is 31.3. The summed E-state index contributed by atoms with van der Waals surface area (Å²) in [5.41, 5.74) is 15.0. The average molecular weight is 687 g/mol. The second-order valence-corrected chi connectivity index (χ2v) is 15.2. The van der Waals surface area contributed by atoms with Gasteiger partial charge in [-0.2, -0.15) is 0 Å². The highest BCUT2D eigenvalue weighted by Crippen LogP contribution is 2.47. The highest BCUT2D eigenvalue weighted by Gasteiger charge is 2.26. The van der Waals surface area contributed by atoms with Crippen LogP contribution in [0.3, 0.4) is 0 Å². The number of benzene rings is 5. The molecule has 0 radical (unpaired) electrons. The van der Waals surface area contributed by atoms with E-state index in [2.05, 4.69) is 165 Å². The van der Waals surface area contributed by atoms with Crippen LogP contribution in [0, 0.1) is 13.8 Å². The second-order valence-electron chi connectivity index (χ2n) is 15.2. The lowest BCUT2D eigenvalue weighted by molar-refractivity contribution is 0.589. The van der Waals surface area contributed by atoms with Crippen LogP contribution in [0.2, 0.25) is 0 Å². The van der Waals surface area contributed by atoms with Gasteiger partial charge in [-0.15, -0.1) is 0 Å². The van der Waals surface area contributed by atoms with Crippen molar-refractivity contribution in [1.29, 1.82) is 0 Å². The summed E-state index contributed by atoms with van der Waals surface area (Å²) >= 11 is 0. The van der Waals surface area contributed by atoms with E-state index in [1.54, 1.807) is 0 Å². The standard InChI is InChI=1S/C48H38N4O/c1-29-13-10-14-30(2)45(29)51(34-17-11-15-31(25-34)39-27-33(23-24-49-39)48(3,4)5)35-18-12-16-32(26-35)44-43-42-37-20-7-9-22-41(37)53-47(42)52-40-21-8-6-19-36(40)38(28-50-44)46(43)52/h6-28H,1-5H3. The minimum atomic E-state index is 0.0231. The number of nitrogens with zero attached hydrogens (tertiary/aromatic N) is 4. The molecule has 256 valence electrons. The summed E-state index contributed by atoms with van der Waals surface area (Å²) in [6.45, 7) is 11.1. The Labute approximate surface area is 308 Å². The van der Waals surface area contributed by atoms with Crippen molar-refractivity contribution in [2.75, 3.05) is 4.90 Å². The van der Waals surface area contributed by atoms with E-state index in [0.29, 0.717) is 0 Å². The molecule has 0 fully saturated rings. The molecule has 53 heavy (non-hydrogen) atoms. The molecule has 0 unspecified atom stereocenters. The molecule has 0 aliphatic carbocycles. The van der Waals surface area contributed by atoms with E-state index in [9.17, 15) is 0 Å². The van der Waals surface area contributed by atoms with Gasteiger partial charge in [-0.25, -0.2) is 0 Å². The number of aryl methyl sites for hydroxylation is 2. The molecule has 0 aliphatic rings. The van der Waals surface area contributed by atoms with Gasteiger partial charge in [0.25, 0.3) is 0 Å². The van der Waals surface area contributed by atoms with Crippen LogP contribution in [0.1, 0.15) is 37.5 Å². The third-order valence-electron chi connectivity index (χ3n) is 10.8. The second kappa shape index (κ2) is 11.5. The van der Waals surface area contributed by atoms with Gasteiger partial charge in [-0.3, -0.25) is 14.4 Å². The molecule has 0 atom stereocenters. The van der Waals surface area contributed by atoms with Gasteiger partial charge in [0.1, 0.15) is 5.58 Å². The normalized spacial score (nSPS) is 12.2. The number of aromatic nitrogens is 3. The summed E-state index contributed by atoms with van der Waals surface area (Å²) in [6.07, 6.45) is 3.97. The van der Waals surface area contributed by atoms with Gasteiger partial charge in [0.2, 0.25) is 5.71 Å². The lowest BCUT2D eigenvalue weighted by Crippen LogP contribution is -2.13. The molecular weight excluding hydrogens is 649 g/mol. The van der Waals surface area contributed by atoms with E-state index in [1.807, 2.05) is 18.5 Å². The Morgan fingerprint density at radius 3 is 2.08 bits per heavy atom. The number of para-hydroxylation sites is 3. The molecular formula is C48H38N4O. The molecule has 5 nitrogen and oxygen atoms in total. The van der Waals surface area contributed by atoms with E-state index < -0.39 is 0 Å². The third kappa shape index (κ3) is 4.77. The van der Waals surface area contributed by atoms with Crippen LogP contribution >= 0.6 is 0 Å². The molecule has 5 heteroatoms. The summed E-state index contributed by atoms with van der Waals surface area (Å²) in [6, 6.07) is 45.3. The molecule has 0 saturated carbocycles. The smallest absolute Gasteiger partial charge is 0.213 e. The van der Waals surface area contributed by atoms with Gasteiger partial charge in [0, 0.05) is 56.4 Å². The van der Waals surface area contributed by atoms with Gasteiger partial charge >= 0.3 is 0 Å². The van der Waals surface area contributed by atoms with Crippen molar-refractivity contribution >= 4 is 66.3 Å². The van der Waals surface area contributed by atoms with E-state index in [4.69, 9.17) is 14.4 Å². The van der Waals surface area contributed by atoms with Crippen LogP contribution in [0.15, 0.2) is 144 Å². The van der Waals surface area contributed by atoms with Crippen LogP contribution in [0.25, 0.3) is 71.8 Å². The molecule has 0 spiro atoms. The van der Waals surface area contributed by atoms with Crippen molar-refractivity contribution in [2.24, 2.45) is 0 Å². The zero-order chi connectivity index (χ0) is 36.0. The highest BCUT2D eigenvalue weighted by molar-refractivity contribution is 6.30. The van der Waals surface area contributed by atoms with Gasteiger partial charge in [-0.05, 0) is 84.5 Å². The Bertz CT molecular complexity index is 3010. The number of furan rings is 1. The average Bonchev–Trinajstić information content (AvgIpc) is 3.82. The van der Waals surface area contributed by atoms with Gasteiger partial charge in [-0.1, -0.05) is 99.6 Å². The number of fused-ring (bicyclic) bond motifs is 8. The van der Waals surface area contributed by atoms with Crippen LogP contribution in [-0.4, -0.2) is 14.4 Å². The lowest BCUT2D eigenvalue weighted by Gasteiger charge is -2.29. The Morgan fingerprint density at radius 2 is 1.30 bits per heavy atom. The molecule has 5 heterocycles. The van der Waals surface area contributed by atoms with Crippen LogP contribution in [0.5, 0.6) is 0 Å². The Kier molecular flexibility index (Phi) is 6.80. The third-order valence-corrected chi connectivity index (χ3v) is 10.8. The quantitative estimate of drug-likeness (QED) is 0.181. The molecule has 5 aromatic heterocycles. The Balaban J connectivity index is 1.21. The first-order valence-electron chi connectivity index (χ1n) is 18.2. The van der Waals surface area contributed by atoms with Crippen LogP contribution in [0.4, 0.5) is 17.1 Å². The van der Waals surface area contributed by atoms with E-state index >= 15 is 0 Å². The SMILES string of the molecule is Cc1cccc(C)c1N(c1cccc(-c2cc(C(C)(C)C)ccn2)c1)c1cccc(-c2ncc3c4ccccc4n4c5oc6ccccc6c5c2c34)c1. The summed E-state index contributed by atoms with van der Waals surface area (Å²) in [4.78, 5) is 12.5. The van der Waals surface area contributed by atoms with Crippen molar-refractivity contribution in [3.8, 4) is 22.5 Å². The maximum Gasteiger partial charge on any atom is 0.213 e. The summed E-state index contributed by atoms with van der Waals surface area (Å²) in [5.74, 6) is 0. The fraction of sp³-hybridized carbons (Fsp3) is 0.125. The predicted molar refractivity (Wildman–Crippen MR) is 220 cm³/mol.